The van der Waals surface area contributed by atoms with E-state index in [1.165, 1.54) is 0 Å². The van der Waals surface area contributed by atoms with E-state index in [9.17, 15) is 4.79 Å². The van der Waals surface area contributed by atoms with E-state index in [0.29, 0.717) is 26.2 Å². The zero-order valence-electron chi connectivity index (χ0n) is 10.6. The van der Waals surface area contributed by atoms with E-state index in [0.717, 1.165) is 32.2 Å². The van der Waals surface area contributed by atoms with Crippen LogP contribution in [0.1, 0.15) is 25.7 Å². The Morgan fingerprint density at radius 3 is 2.12 bits per heavy atom. The van der Waals surface area contributed by atoms with Gasteiger partial charge in [-0.1, -0.05) is 0 Å². The maximum absolute atomic E-state index is 11.8. The predicted molar refractivity (Wildman–Crippen MR) is 70.4 cm³/mol. The molecule has 0 rings (SSSR count). The number of hydrogen-bond donors (Lipinski definition) is 5. The van der Waals surface area contributed by atoms with Crippen molar-refractivity contribution in [2.45, 2.75) is 31.7 Å². The van der Waals surface area contributed by atoms with Gasteiger partial charge in [-0.25, -0.2) is 0 Å². The third-order valence-corrected chi connectivity index (χ3v) is 2.47. The van der Waals surface area contributed by atoms with Gasteiger partial charge in [0.2, 0.25) is 5.91 Å². The lowest BCUT2D eigenvalue weighted by Crippen LogP contribution is -2.45. The summed E-state index contributed by atoms with van der Waals surface area (Å²) in [5, 5.41) is 6.07. The molecular formula is C11H27N5O. The molecule has 0 aromatic rings. The number of carbonyl (C=O) groups is 1. The Labute approximate surface area is 104 Å². The minimum atomic E-state index is -0.164. The highest BCUT2D eigenvalue weighted by molar-refractivity contribution is 5.81. The van der Waals surface area contributed by atoms with E-state index in [1.807, 2.05) is 0 Å². The van der Waals surface area contributed by atoms with Gasteiger partial charge in [0.05, 0.1) is 6.04 Å². The Balaban J connectivity index is 3.91. The van der Waals surface area contributed by atoms with Crippen LogP contribution in [0.5, 0.6) is 0 Å². The smallest absolute Gasteiger partial charge is 0.237 e. The van der Waals surface area contributed by atoms with Crippen molar-refractivity contribution in [1.29, 1.82) is 0 Å². The first kappa shape index (κ1) is 16.3. The summed E-state index contributed by atoms with van der Waals surface area (Å²) in [5.41, 5.74) is 16.2. The summed E-state index contributed by atoms with van der Waals surface area (Å²) >= 11 is 0. The van der Waals surface area contributed by atoms with Crippen molar-refractivity contribution in [3.8, 4) is 0 Å². The Hall–Kier alpha value is -0.690. The highest BCUT2D eigenvalue weighted by Gasteiger charge is 2.16. The minimum Gasteiger partial charge on any atom is -0.355 e. The van der Waals surface area contributed by atoms with Crippen molar-refractivity contribution in [2.75, 3.05) is 32.7 Å². The normalized spacial score (nSPS) is 12.4. The first-order chi connectivity index (χ1) is 8.26. The molecule has 0 aliphatic carbocycles. The van der Waals surface area contributed by atoms with Crippen molar-refractivity contribution in [2.24, 2.45) is 17.2 Å². The maximum Gasteiger partial charge on any atom is 0.237 e. The van der Waals surface area contributed by atoms with Crippen LogP contribution in [0.25, 0.3) is 0 Å². The quantitative estimate of drug-likeness (QED) is 0.284. The fourth-order valence-electron chi connectivity index (χ4n) is 1.46. The molecule has 6 heteroatoms. The number of rotatable bonds is 11. The molecule has 0 aromatic heterocycles. The molecule has 1 atom stereocenters. The third kappa shape index (κ3) is 9.05. The molecule has 0 radical (unpaired) electrons. The summed E-state index contributed by atoms with van der Waals surface area (Å²) in [4.78, 5) is 11.8. The summed E-state index contributed by atoms with van der Waals surface area (Å²) in [6.45, 7) is 3.22. The minimum absolute atomic E-state index is 0.0314. The largest absolute Gasteiger partial charge is 0.355 e. The van der Waals surface area contributed by atoms with Crippen LogP contribution in [-0.2, 0) is 4.79 Å². The van der Waals surface area contributed by atoms with Crippen molar-refractivity contribution in [1.82, 2.24) is 10.6 Å². The number of hydrogen-bond acceptors (Lipinski definition) is 5. The summed E-state index contributed by atoms with van der Waals surface area (Å²) in [7, 11) is 0. The van der Waals surface area contributed by atoms with Gasteiger partial charge >= 0.3 is 0 Å². The van der Waals surface area contributed by atoms with E-state index in [1.54, 1.807) is 0 Å². The van der Waals surface area contributed by atoms with Crippen LogP contribution < -0.4 is 27.8 Å². The van der Waals surface area contributed by atoms with Gasteiger partial charge in [-0.05, 0) is 51.9 Å². The van der Waals surface area contributed by atoms with Crippen LogP contribution in [0.2, 0.25) is 0 Å². The molecular weight excluding hydrogens is 218 g/mol. The summed E-state index contributed by atoms with van der Waals surface area (Å²) in [6.07, 6.45) is 3.27. The summed E-state index contributed by atoms with van der Waals surface area (Å²) in [5.74, 6) is 0.0314. The molecule has 0 aliphatic heterocycles. The second kappa shape index (κ2) is 11.8. The molecule has 17 heavy (non-hydrogen) atoms. The van der Waals surface area contributed by atoms with E-state index in [-0.39, 0.29) is 11.9 Å². The van der Waals surface area contributed by atoms with Crippen LogP contribution in [0.4, 0.5) is 0 Å². The first-order valence-electron chi connectivity index (χ1n) is 6.37. The van der Waals surface area contributed by atoms with E-state index in [4.69, 9.17) is 17.2 Å². The maximum atomic E-state index is 11.8. The monoisotopic (exact) mass is 245 g/mol. The average Bonchev–Trinajstić information content (AvgIpc) is 2.33. The highest BCUT2D eigenvalue weighted by atomic mass is 16.2. The standard InChI is InChI=1S/C11H27N5O/c12-5-1-4-10(15-8-2-6-13)11(17)16-9-3-7-14/h10,15H,1-9,12-14H2,(H,16,17)/t10-/m0/s1. The SMILES string of the molecule is NCCCNC(=O)[C@H](CCCN)NCCCN. The van der Waals surface area contributed by atoms with E-state index in [2.05, 4.69) is 10.6 Å². The Morgan fingerprint density at radius 1 is 0.941 bits per heavy atom. The Morgan fingerprint density at radius 2 is 1.53 bits per heavy atom. The van der Waals surface area contributed by atoms with Crippen molar-refractivity contribution < 1.29 is 4.79 Å². The molecule has 0 aliphatic rings. The molecule has 102 valence electrons. The van der Waals surface area contributed by atoms with Gasteiger partial charge in [-0.3, -0.25) is 4.79 Å². The van der Waals surface area contributed by atoms with Gasteiger partial charge in [-0.15, -0.1) is 0 Å². The fourth-order valence-corrected chi connectivity index (χ4v) is 1.46. The lowest BCUT2D eigenvalue weighted by atomic mass is 10.1. The van der Waals surface area contributed by atoms with Crippen LogP contribution in [0.15, 0.2) is 0 Å². The van der Waals surface area contributed by atoms with Crippen LogP contribution >= 0.6 is 0 Å². The second-order valence-electron chi connectivity index (χ2n) is 4.01. The van der Waals surface area contributed by atoms with Crippen molar-refractivity contribution >= 4 is 5.91 Å². The highest BCUT2D eigenvalue weighted by Crippen LogP contribution is 1.97. The lowest BCUT2D eigenvalue weighted by Gasteiger charge is -2.18. The summed E-state index contributed by atoms with van der Waals surface area (Å²) in [6, 6.07) is -0.164. The number of nitrogens with one attached hydrogen (secondary N) is 2. The van der Waals surface area contributed by atoms with Gasteiger partial charge in [0.1, 0.15) is 0 Å². The number of amides is 1. The van der Waals surface area contributed by atoms with Crippen LogP contribution in [0.3, 0.4) is 0 Å². The molecule has 0 bridgehead atoms. The zero-order valence-corrected chi connectivity index (χ0v) is 10.6. The zero-order chi connectivity index (χ0) is 12.9. The Kier molecular flexibility index (Phi) is 11.3. The first-order valence-corrected chi connectivity index (χ1v) is 6.37. The molecule has 0 saturated heterocycles. The van der Waals surface area contributed by atoms with Crippen molar-refractivity contribution in [3.63, 3.8) is 0 Å². The average molecular weight is 245 g/mol. The second-order valence-corrected chi connectivity index (χ2v) is 4.01. The molecule has 0 aromatic carbocycles. The van der Waals surface area contributed by atoms with E-state index >= 15 is 0 Å². The van der Waals surface area contributed by atoms with Gasteiger partial charge in [0.15, 0.2) is 0 Å². The van der Waals surface area contributed by atoms with Crippen molar-refractivity contribution in [3.05, 3.63) is 0 Å². The molecule has 8 N–H and O–H groups in total. The Bertz CT molecular complexity index is 189. The van der Waals surface area contributed by atoms with Crippen LogP contribution in [-0.4, -0.2) is 44.7 Å². The third-order valence-electron chi connectivity index (χ3n) is 2.47. The molecule has 0 spiro atoms. The number of carbonyl (C=O) groups excluding carboxylic acids is 1. The predicted octanol–water partition coefficient (Wildman–Crippen LogP) is -1.50. The van der Waals surface area contributed by atoms with Crippen LogP contribution in [0, 0.1) is 0 Å². The summed E-state index contributed by atoms with van der Waals surface area (Å²) < 4.78 is 0. The molecule has 0 fully saturated rings. The number of nitrogens with two attached hydrogens (primary N) is 3. The molecule has 6 nitrogen and oxygen atoms in total. The lowest BCUT2D eigenvalue weighted by molar-refractivity contribution is -0.123. The topological polar surface area (TPSA) is 119 Å². The molecule has 0 heterocycles. The van der Waals surface area contributed by atoms with Gasteiger partial charge < -0.3 is 27.8 Å². The van der Waals surface area contributed by atoms with Gasteiger partial charge in [0, 0.05) is 6.54 Å². The fraction of sp³-hybridized carbons (Fsp3) is 0.909. The van der Waals surface area contributed by atoms with Gasteiger partial charge in [-0.2, -0.15) is 0 Å². The molecule has 1 amide bonds. The molecule has 0 saturated carbocycles. The van der Waals surface area contributed by atoms with E-state index < -0.39 is 0 Å². The van der Waals surface area contributed by atoms with Gasteiger partial charge in [0.25, 0.3) is 0 Å². The molecule has 0 unspecified atom stereocenters.